The molecule has 1 aromatic carbocycles. The molecule has 2 heterocycles. The van der Waals surface area contributed by atoms with Crippen LogP contribution < -0.4 is 9.80 Å². The standard InChI is InChI=1S/C20H27FN4O/c1-13(2)12-25-15(4)17(14(3)22-25)11-20(26)24-9-8-23(5)18-7-6-16(21)10-19(18)24/h6-7,10,13H,8-9,11-12H2,1-5H3. The van der Waals surface area contributed by atoms with E-state index < -0.39 is 0 Å². The maximum atomic E-state index is 13.8. The zero-order valence-corrected chi connectivity index (χ0v) is 16.2. The number of aryl methyl sites for hydroxylation is 1. The second kappa shape index (κ2) is 7.09. The van der Waals surface area contributed by atoms with Crippen LogP contribution in [0.4, 0.5) is 15.8 Å². The van der Waals surface area contributed by atoms with E-state index in [-0.39, 0.29) is 18.1 Å². The predicted molar refractivity (Wildman–Crippen MR) is 102 cm³/mol. The van der Waals surface area contributed by atoms with Crippen molar-refractivity contribution in [3.63, 3.8) is 0 Å². The van der Waals surface area contributed by atoms with Crippen molar-refractivity contribution in [2.75, 3.05) is 29.9 Å². The molecule has 1 aliphatic heterocycles. The van der Waals surface area contributed by atoms with E-state index in [2.05, 4.69) is 23.8 Å². The SMILES string of the molecule is Cc1nn(CC(C)C)c(C)c1CC(=O)N1CCN(C)c2ccc(F)cc21. The van der Waals surface area contributed by atoms with Crippen LogP contribution in [0.15, 0.2) is 18.2 Å². The Kier molecular flexibility index (Phi) is 5.03. The number of carbonyl (C=O) groups excluding carboxylic acids is 1. The van der Waals surface area contributed by atoms with Crippen LogP contribution in [-0.4, -0.2) is 35.8 Å². The highest BCUT2D eigenvalue weighted by Gasteiger charge is 2.27. The molecule has 0 saturated heterocycles. The fourth-order valence-corrected chi connectivity index (χ4v) is 3.55. The molecule has 5 nitrogen and oxygen atoms in total. The Labute approximate surface area is 154 Å². The molecule has 0 spiro atoms. The number of aromatic nitrogens is 2. The van der Waals surface area contributed by atoms with Gasteiger partial charge in [0, 0.05) is 37.9 Å². The van der Waals surface area contributed by atoms with Crippen molar-refractivity contribution in [3.05, 3.63) is 41.0 Å². The molecule has 0 radical (unpaired) electrons. The maximum Gasteiger partial charge on any atom is 0.231 e. The molecule has 1 aliphatic rings. The van der Waals surface area contributed by atoms with Crippen molar-refractivity contribution >= 4 is 17.3 Å². The monoisotopic (exact) mass is 358 g/mol. The minimum Gasteiger partial charge on any atom is -0.371 e. The molecule has 0 bridgehead atoms. The lowest BCUT2D eigenvalue weighted by atomic mass is 10.1. The fraction of sp³-hybridized carbons (Fsp3) is 0.500. The number of rotatable bonds is 4. The summed E-state index contributed by atoms with van der Waals surface area (Å²) in [5, 5.41) is 4.60. The van der Waals surface area contributed by atoms with Crippen LogP contribution in [0.2, 0.25) is 0 Å². The minimum absolute atomic E-state index is 0.0137. The largest absolute Gasteiger partial charge is 0.371 e. The highest BCUT2D eigenvalue weighted by Crippen LogP contribution is 2.33. The predicted octanol–water partition coefficient (Wildman–Crippen LogP) is 3.32. The number of hydrogen-bond acceptors (Lipinski definition) is 3. The smallest absolute Gasteiger partial charge is 0.231 e. The van der Waals surface area contributed by atoms with Crippen molar-refractivity contribution in [3.8, 4) is 0 Å². The van der Waals surface area contributed by atoms with Gasteiger partial charge in [-0.1, -0.05) is 13.8 Å². The van der Waals surface area contributed by atoms with E-state index in [1.165, 1.54) is 12.1 Å². The third kappa shape index (κ3) is 3.45. The second-order valence-corrected chi connectivity index (χ2v) is 7.50. The van der Waals surface area contributed by atoms with Gasteiger partial charge in [-0.05, 0) is 38.0 Å². The van der Waals surface area contributed by atoms with Crippen LogP contribution in [-0.2, 0) is 17.8 Å². The molecule has 140 valence electrons. The molecule has 6 heteroatoms. The average Bonchev–Trinajstić information content (AvgIpc) is 2.81. The summed E-state index contributed by atoms with van der Waals surface area (Å²) in [5.41, 5.74) is 4.44. The molecule has 3 rings (SSSR count). The number of anilines is 2. The van der Waals surface area contributed by atoms with Crippen molar-refractivity contribution in [2.45, 2.75) is 40.7 Å². The number of fused-ring (bicyclic) bond motifs is 1. The normalized spacial score (nSPS) is 14.1. The number of amides is 1. The lowest BCUT2D eigenvalue weighted by Gasteiger charge is -2.35. The van der Waals surface area contributed by atoms with Crippen molar-refractivity contribution in [1.29, 1.82) is 0 Å². The number of likely N-dealkylation sites (N-methyl/N-ethyl adjacent to an activating group) is 1. The number of benzene rings is 1. The Morgan fingerprint density at radius 3 is 2.65 bits per heavy atom. The van der Waals surface area contributed by atoms with Gasteiger partial charge >= 0.3 is 0 Å². The number of carbonyl (C=O) groups is 1. The van der Waals surface area contributed by atoms with Crippen LogP contribution in [0.25, 0.3) is 0 Å². The molecule has 0 saturated carbocycles. The van der Waals surface area contributed by atoms with Crippen LogP contribution in [0, 0.1) is 25.6 Å². The Bertz CT molecular complexity index is 827. The zero-order valence-electron chi connectivity index (χ0n) is 16.2. The molecule has 0 unspecified atom stereocenters. The number of nitrogens with zero attached hydrogens (tertiary/aromatic N) is 4. The maximum absolute atomic E-state index is 13.8. The van der Waals surface area contributed by atoms with Crippen molar-refractivity contribution < 1.29 is 9.18 Å². The van der Waals surface area contributed by atoms with E-state index in [4.69, 9.17) is 0 Å². The zero-order chi connectivity index (χ0) is 19.0. The minimum atomic E-state index is -0.325. The molecule has 0 atom stereocenters. The second-order valence-electron chi connectivity index (χ2n) is 7.50. The van der Waals surface area contributed by atoms with E-state index in [0.29, 0.717) is 18.2 Å². The van der Waals surface area contributed by atoms with Crippen molar-refractivity contribution in [1.82, 2.24) is 9.78 Å². The van der Waals surface area contributed by atoms with Crippen LogP contribution >= 0.6 is 0 Å². The van der Waals surface area contributed by atoms with Crippen LogP contribution in [0.3, 0.4) is 0 Å². The summed E-state index contributed by atoms with van der Waals surface area (Å²) < 4.78 is 15.8. The first-order valence-electron chi connectivity index (χ1n) is 9.12. The molecule has 0 N–H and O–H groups in total. The molecule has 0 fully saturated rings. The molecule has 26 heavy (non-hydrogen) atoms. The summed E-state index contributed by atoms with van der Waals surface area (Å²) in [6, 6.07) is 4.62. The molecule has 0 aliphatic carbocycles. The highest BCUT2D eigenvalue weighted by atomic mass is 19.1. The van der Waals surface area contributed by atoms with Crippen LogP contribution in [0.5, 0.6) is 0 Å². The van der Waals surface area contributed by atoms with Gasteiger partial charge in [0.1, 0.15) is 5.82 Å². The van der Waals surface area contributed by atoms with E-state index in [1.807, 2.05) is 25.6 Å². The third-order valence-electron chi connectivity index (χ3n) is 5.00. The summed E-state index contributed by atoms with van der Waals surface area (Å²) in [6.45, 7) is 10.4. The van der Waals surface area contributed by atoms with Gasteiger partial charge in [-0.25, -0.2) is 4.39 Å². The Morgan fingerprint density at radius 2 is 1.96 bits per heavy atom. The third-order valence-corrected chi connectivity index (χ3v) is 5.00. The summed E-state index contributed by atoms with van der Waals surface area (Å²) in [5.74, 6) is 0.151. The van der Waals surface area contributed by atoms with Gasteiger partial charge < -0.3 is 9.80 Å². The first-order valence-corrected chi connectivity index (χ1v) is 9.12. The van der Waals surface area contributed by atoms with Gasteiger partial charge in [-0.3, -0.25) is 9.48 Å². The van der Waals surface area contributed by atoms with E-state index >= 15 is 0 Å². The van der Waals surface area contributed by atoms with Crippen molar-refractivity contribution in [2.24, 2.45) is 5.92 Å². The lowest BCUT2D eigenvalue weighted by Crippen LogP contribution is -2.43. The van der Waals surface area contributed by atoms with E-state index in [9.17, 15) is 9.18 Å². The molecule has 1 aromatic heterocycles. The molecule has 2 aromatic rings. The number of hydrogen-bond donors (Lipinski definition) is 0. The number of halogens is 1. The van der Waals surface area contributed by atoms with E-state index in [0.717, 1.165) is 35.7 Å². The Hall–Kier alpha value is -2.37. The summed E-state index contributed by atoms with van der Waals surface area (Å²) >= 11 is 0. The lowest BCUT2D eigenvalue weighted by molar-refractivity contribution is -0.118. The average molecular weight is 358 g/mol. The van der Waals surface area contributed by atoms with Gasteiger partial charge in [0.25, 0.3) is 0 Å². The topological polar surface area (TPSA) is 41.4 Å². The van der Waals surface area contributed by atoms with Gasteiger partial charge in [0.2, 0.25) is 5.91 Å². The first-order chi connectivity index (χ1) is 12.3. The van der Waals surface area contributed by atoms with Crippen LogP contribution in [0.1, 0.15) is 30.8 Å². The Morgan fingerprint density at radius 1 is 1.23 bits per heavy atom. The van der Waals surface area contributed by atoms with Gasteiger partial charge in [-0.15, -0.1) is 0 Å². The summed E-state index contributed by atoms with van der Waals surface area (Å²) in [7, 11) is 1.96. The van der Waals surface area contributed by atoms with Gasteiger partial charge in [0.15, 0.2) is 0 Å². The molecular weight excluding hydrogens is 331 g/mol. The Balaban J connectivity index is 1.87. The van der Waals surface area contributed by atoms with Gasteiger partial charge in [-0.2, -0.15) is 5.10 Å². The quantitative estimate of drug-likeness (QED) is 0.842. The molecular formula is C20H27FN4O. The first kappa shape index (κ1) is 18.4. The molecule has 1 amide bonds. The highest BCUT2D eigenvalue weighted by molar-refractivity contribution is 5.99. The van der Waals surface area contributed by atoms with Gasteiger partial charge in [0.05, 0.1) is 23.5 Å². The fourth-order valence-electron chi connectivity index (χ4n) is 3.55. The summed E-state index contributed by atoms with van der Waals surface area (Å²) in [4.78, 5) is 16.8. The summed E-state index contributed by atoms with van der Waals surface area (Å²) in [6.07, 6.45) is 0.287. The van der Waals surface area contributed by atoms with E-state index in [1.54, 1.807) is 11.0 Å².